The van der Waals surface area contributed by atoms with Crippen LogP contribution in [0.2, 0.25) is 5.02 Å². The van der Waals surface area contributed by atoms with Gasteiger partial charge in [0, 0.05) is 11.3 Å². The van der Waals surface area contributed by atoms with E-state index in [-0.39, 0.29) is 23.7 Å². The zero-order chi connectivity index (χ0) is 18.4. The van der Waals surface area contributed by atoms with Crippen molar-refractivity contribution in [2.24, 2.45) is 0 Å². The van der Waals surface area contributed by atoms with Gasteiger partial charge in [-0.2, -0.15) is 8.78 Å². The molecule has 8 heteroatoms. The van der Waals surface area contributed by atoms with Crippen molar-refractivity contribution < 1.29 is 27.8 Å². The Hall–Kier alpha value is -2.54. The molecule has 5 nitrogen and oxygen atoms in total. The first-order valence-corrected chi connectivity index (χ1v) is 7.69. The number of ether oxygens (including phenoxy) is 3. The molecule has 0 bridgehead atoms. The average Bonchev–Trinajstić information content (AvgIpc) is 2.56. The highest BCUT2D eigenvalue weighted by atomic mass is 35.5. The third kappa shape index (κ3) is 4.96. The van der Waals surface area contributed by atoms with Gasteiger partial charge in [-0.05, 0) is 43.3 Å². The monoisotopic (exact) mass is 371 g/mol. The van der Waals surface area contributed by atoms with Gasteiger partial charge in [0.2, 0.25) is 0 Å². The van der Waals surface area contributed by atoms with E-state index >= 15 is 0 Å². The first-order chi connectivity index (χ1) is 11.9. The SMILES string of the molecule is CCOc1cc(C(=O)Nc2ccc(OC)c(Cl)c2)ccc1OC(F)F. The maximum Gasteiger partial charge on any atom is 0.387 e. The van der Waals surface area contributed by atoms with Crippen LogP contribution >= 0.6 is 11.6 Å². The molecule has 0 aliphatic rings. The Morgan fingerprint density at radius 2 is 1.88 bits per heavy atom. The second-order valence-corrected chi connectivity index (χ2v) is 5.18. The highest BCUT2D eigenvalue weighted by molar-refractivity contribution is 6.32. The van der Waals surface area contributed by atoms with Crippen molar-refractivity contribution >= 4 is 23.2 Å². The minimum atomic E-state index is -2.99. The van der Waals surface area contributed by atoms with Crippen molar-refractivity contribution in [2.45, 2.75) is 13.5 Å². The lowest BCUT2D eigenvalue weighted by Gasteiger charge is -2.13. The number of halogens is 3. The fraction of sp³-hybridized carbons (Fsp3) is 0.235. The van der Waals surface area contributed by atoms with E-state index in [0.717, 1.165) is 0 Å². The van der Waals surface area contributed by atoms with Crippen LogP contribution in [0.3, 0.4) is 0 Å². The summed E-state index contributed by atoms with van der Waals surface area (Å²) in [5.74, 6) is -0.0540. The van der Waals surface area contributed by atoms with Gasteiger partial charge in [-0.25, -0.2) is 0 Å². The number of carbonyl (C=O) groups excluding carboxylic acids is 1. The van der Waals surface area contributed by atoms with Gasteiger partial charge in [-0.3, -0.25) is 4.79 Å². The molecule has 0 unspecified atom stereocenters. The molecule has 0 radical (unpaired) electrons. The summed E-state index contributed by atoms with van der Waals surface area (Å²) in [7, 11) is 1.48. The zero-order valence-corrected chi connectivity index (χ0v) is 14.3. The molecule has 134 valence electrons. The number of benzene rings is 2. The average molecular weight is 372 g/mol. The third-order valence-electron chi connectivity index (χ3n) is 3.13. The van der Waals surface area contributed by atoms with Crippen molar-refractivity contribution in [3.05, 3.63) is 47.0 Å². The lowest BCUT2D eigenvalue weighted by atomic mass is 10.1. The standard InChI is InChI=1S/C17H16ClF2NO4/c1-3-24-15-8-10(4-6-14(15)25-17(19)20)16(22)21-11-5-7-13(23-2)12(18)9-11/h4-9,17H,3H2,1-2H3,(H,21,22). The summed E-state index contributed by atoms with van der Waals surface area (Å²) in [5, 5.41) is 3.00. The summed E-state index contributed by atoms with van der Waals surface area (Å²) < 4.78 is 39.5. The number of nitrogens with one attached hydrogen (secondary N) is 1. The van der Waals surface area contributed by atoms with Crippen molar-refractivity contribution in [1.82, 2.24) is 0 Å². The van der Waals surface area contributed by atoms with Crippen LogP contribution in [0.4, 0.5) is 14.5 Å². The number of carbonyl (C=O) groups is 1. The molecule has 2 aromatic carbocycles. The number of rotatable bonds is 7. The van der Waals surface area contributed by atoms with Crippen molar-refractivity contribution in [3.63, 3.8) is 0 Å². The van der Waals surface area contributed by atoms with E-state index in [1.165, 1.54) is 31.4 Å². The Bertz CT molecular complexity index is 755. The Kier molecular flexibility index (Phi) is 6.41. The second-order valence-electron chi connectivity index (χ2n) is 4.78. The van der Waals surface area contributed by atoms with Crippen LogP contribution in [-0.2, 0) is 0 Å². The molecule has 0 fully saturated rings. The van der Waals surface area contributed by atoms with Crippen LogP contribution in [0.5, 0.6) is 17.2 Å². The summed E-state index contributed by atoms with van der Waals surface area (Å²) in [6.07, 6.45) is 0. The third-order valence-corrected chi connectivity index (χ3v) is 3.43. The number of hydrogen-bond donors (Lipinski definition) is 1. The predicted octanol–water partition coefficient (Wildman–Crippen LogP) is 4.60. The minimum Gasteiger partial charge on any atom is -0.495 e. The van der Waals surface area contributed by atoms with Crippen LogP contribution < -0.4 is 19.5 Å². The maximum absolute atomic E-state index is 12.4. The topological polar surface area (TPSA) is 56.8 Å². The zero-order valence-electron chi connectivity index (χ0n) is 13.5. The van der Waals surface area contributed by atoms with Gasteiger partial charge in [-0.1, -0.05) is 11.6 Å². The van der Waals surface area contributed by atoms with E-state index in [1.54, 1.807) is 19.1 Å². The number of hydrogen-bond acceptors (Lipinski definition) is 4. The normalized spacial score (nSPS) is 10.5. The first kappa shape index (κ1) is 18.8. The Morgan fingerprint density at radius 3 is 2.48 bits per heavy atom. The van der Waals surface area contributed by atoms with Gasteiger partial charge in [0.25, 0.3) is 5.91 Å². The molecule has 0 saturated heterocycles. The van der Waals surface area contributed by atoms with Crippen LogP contribution in [0.1, 0.15) is 17.3 Å². The van der Waals surface area contributed by atoms with Crippen LogP contribution in [0.25, 0.3) is 0 Å². The Labute approximate surface area is 148 Å². The highest BCUT2D eigenvalue weighted by Crippen LogP contribution is 2.31. The number of amides is 1. The van der Waals surface area contributed by atoms with E-state index in [9.17, 15) is 13.6 Å². The first-order valence-electron chi connectivity index (χ1n) is 7.31. The number of anilines is 1. The Balaban J connectivity index is 2.20. The molecule has 0 aliphatic heterocycles. The van der Waals surface area contributed by atoms with Gasteiger partial charge in [0.1, 0.15) is 5.75 Å². The van der Waals surface area contributed by atoms with Gasteiger partial charge < -0.3 is 19.5 Å². The van der Waals surface area contributed by atoms with Crippen molar-refractivity contribution in [2.75, 3.05) is 19.0 Å². The molecule has 0 spiro atoms. The van der Waals surface area contributed by atoms with Crippen molar-refractivity contribution in [3.8, 4) is 17.2 Å². The van der Waals surface area contributed by atoms with Gasteiger partial charge >= 0.3 is 6.61 Å². The summed E-state index contributed by atoms with van der Waals surface area (Å²) in [5.41, 5.74) is 0.679. The van der Waals surface area contributed by atoms with Gasteiger partial charge in [0.05, 0.1) is 18.7 Å². The largest absolute Gasteiger partial charge is 0.495 e. The molecule has 0 saturated carbocycles. The molecule has 1 amide bonds. The second kappa shape index (κ2) is 8.53. The van der Waals surface area contributed by atoms with Crippen LogP contribution in [0, 0.1) is 0 Å². The summed E-state index contributed by atoms with van der Waals surface area (Å²) >= 11 is 6.01. The van der Waals surface area contributed by atoms with E-state index < -0.39 is 12.5 Å². The summed E-state index contributed by atoms with van der Waals surface area (Å²) in [4.78, 5) is 12.3. The lowest BCUT2D eigenvalue weighted by Crippen LogP contribution is -2.13. The van der Waals surface area contributed by atoms with Crippen LogP contribution in [-0.4, -0.2) is 26.2 Å². The molecule has 25 heavy (non-hydrogen) atoms. The fourth-order valence-electron chi connectivity index (χ4n) is 2.06. The molecular weight excluding hydrogens is 356 g/mol. The summed E-state index contributed by atoms with van der Waals surface area (Å²) in [6, 6.07) is 8.73. The maximum atomic E-state index is 12.4. The molecule has 0 heterocycles. The molecular formula is C17H16ClF2NO4. The van der Waals surface area contributed by atoms with E-state index in [2.05, 4.69) is 10.1 Å². The molecule has 1 N–H and O–H groups in total. The molecule has 2 rings (SSSR count). The van der Waals surface area contributed by atoms with E-state index in [0.29, 0.717) is 16.5 Å². The lowest BCUT2D eigenvalue weighted by molar-refractivity contribution is -0.0514. The molecule has 0 atom stereocenters. The van der Waals surface area contributed by atoms with Crippen LogP contribution in [0.15, 0.2) is 36.4 Å². The smallest absolute Gasteiger partial charge is 0.387 e. The fourth-order valence-corrected chi connectivity index (χ4v) is 2.32. The van der Waals surface area contributed by atoms with Gasteiger partial charge in [0.15, 0.2) is 11.5 Å². The Morgan fingerprint density at radius 1 is 1.16 bits per heavy atom. The molecule has 0 aliphatic carbocycles. The highest BCUT2D eigenvalue weighted by Gasteiger charge is 2.15. The quantitative estimate of drug-likeness (QED) is 0.772. The molecule has 2 aromatic rings. The van der Waals surface area contributed by atoms with E-state index in [1.807, 2.05) is 0 Å². The number of methoxy groups -OCH3 is 1. The summed E-state index contributed by atoms with van der Waals surface area (Å²) in [6.45, 7) is -1.06. The van der Waals surface area contributed by atoms with E-state index in [4.69, 9.17) is 21.1 Å². The van der Waals surface area contributed by atoms with Gasteiger partial charge in [-0.15, -0.1) is 0 Å². The van der Waals surface area contributed by atoms with Crippen molar-refractivity contribution in [1.29, 1.82) is 0 Å². The predicted molar refractivity (Wildman–Crippen MR) is 90.2 cm³/mol. The molecule has 0 aromatic heterocycles. The minimum absolute atomic E-state index is 0.0585. The number of alkyl halides is 2.